The Hall–Kier alpha value is -0.990. The van der Waals surface area contributed by atoms with E-state index in [0.717, 1.165) is 3.79 Å². The van der Waals surface area contributed by atoms with Crippen molar-refractivity contribution in [2.24, 2.45) is 0 Å². The molecular weight excluding hydrogens is 350 g/mol. The van der Waals surface area contributed by atoms with Crippen LogP contribution in [0.5, 0.6) is 0 Å². The zero-order valence-corrected chi connectivity index (χ0v) is 13.8. The Morgan fingerprint density at radius 2 is 1.74 bits per heavy atom. The zero-order chi connectivity index (χ0) is 14.2. The Labute approximate surface area is 124 Å². The predicted octanol–water partition coefficient (Wildman–Crippen LogP) is 3.03. The van der Waals surface area contributed by atoms with Crippen molar-refractivity contribution in [3.8, 4) is 0 Å². The summed E-state index contributed by atoms with van der Waals surface area (Å²) in [7, 11) is -3.65. The number of aryl methyl sites for hydroxylation is 3. The van der Waals surface area contributed by atoms with E-state index in [2.05, 4.69) is 30.6 Å². The van der Waals surface area contributed by atoms with Gasteiger partial charge in [0.15, 0.2) is 0 Å². The van der Waals surface area contributed by atoms with Crippen molar-refractivity contribution in [2.75, 3.05) is 4.72 Å². The van der Waals surface area contributed by atoms with Crippen LogP contribution in [0.15, 0.2) is 20.8 Å². The molecule has 0 saturated heterocycles. The van der Waals surface area contributed by atoms with Crippen molar-refractivity contribution in [3.63, 3.8) is 0 Å². The first-order chi connectivity index (χ1) is 8.78. The molecule has 0 aliphatic heterocycles. The standard InChI is InChI=1S/C11H12BrN3O2S2/c1-6-4-7(2)14-11(13-6)15-19(16,17)9-5-10(12)18-8(9)3/h4-5H,1-3H3,(H,13,14,15). The highest BCUT2D eigenvalue weighted by Gasteiger charge is 2.20. The van der Waals surface area contributed by atoms with Crippen LogP contribution in [0.4, 0.5) is 5.95 Å². The number of hydrogen-bond donors (Lipinski definition) is 1. The molecule has 0 atom stereocenters. The Morgan fingerprint density at radius 1 is 1.16 bits per heavy atom. The van der Waals surface area contributed by atoms with Gasteiger partial charge in [-0.1, -0.05) is 0 Å². The Bertz CT molecular complexity index is 705. The second-order valence-electron chi connectivity index (χ2n) is 4.05. The monoisotopic (exact) mass is 361 g/mol. The van der Waals surface area contributed by atoms with E-state index in [9.17, 15) is 8.42 Å². The number of sulfonamides is 1. The molecule has 0 bridgehead atoms. The second-order valence-corrected chi connectivity index (χ2v) is 8.34. The van der Waals surface area contributed by atoms with Gasteiger partial charge in [-0.3, -0.25) is 0 Å². The smallest absolute Gasteiger partial charge is 0.247 e. The third-order valence-electron chi connectivity index (χ3n) is 2.34. The van der Waals surface area contributed by atoms with Gasteiger partial charge < -0.3 is 0 Å². The lowest BCUT2D eigenvalue weighted by atomic mass is 10.4. The van der Waals surface area contributed by atoms with Crippen LogP contribution < -0.4 is 4.72 Å². The van der Waals surface area contributed by atoms with E-state index < -0.39 is 10.0 Å². The van der Waals surface area contributed by atoms with Gasteiger partial charge in [0.25, 0.3) is 10.0 Å². The van der Waals surface area contributed by atoms with Gasteiger partial charge in [0.05, 0.1) is 3.79 Å². The Kier molecular flexibility index (Phi) is 3.93. The molecule has 0 spiro atoms. The summed E-state index contributed by atoms with van der Waals surface area (Å²) < 4.78 is 27.7. The van der Waals surface area contributed by atoms with Gasteiger partial charge in [0, 0.05) is 16.3 Å². The van der Waals surface area contributed by atoms with Crippen LogP contribution in [0.25, 0.3) is 0 Å². The van der Waals surface area contributed by atoms with Crippen molar-refractivity contribution in [1.82, 2.24) is 9.97 Å². The van der Waals surface area contributed by atoms with Crippen LogP contribution in [0.2, 0.25) is 0 Å². The third-order valence-corrected chi connectivity index (χ3v) is 5.48. The number of nitrogens with zero attached hydrogens (tertiary/aromatic N) is 2. The highest BCUT2D eigenvalue weighted by atomic mass is 79.9. The van der Waals surface area contributed by atoms with Gasteiger partial charge in [-0.15, -0.1) is 11.3 Å². The number of aromatic nitrogens is 2. The van der Waals surface area contributed by atoms with Crippen LogP contribution >= 0.6 is 27.3 Å². The molecule has 0 saturated carbocycles. The zero-order valence-electron chi connectivity index (χ0n) is 10.6. The number of thiophene rings is 1. The summed E-state index contributed by atoms with van der Waals surface area (Å²) in [6, 6.07) is 3.36. The average Bonchev–Trinajstić information content (AvgIpc) is 2.56. The minimum atomic E-state index is -3.65. The van der Waals surface area contributed by atoms with E-state index in [1.54, 1.807) is 32.9 Å². The fourth-order valence-electron chi connectivity index (χ4n) is 1.64. The highest BCUT2D eigenvalue weighted by molar-refractivity contribution is 9.11. The van der Waals surface area contributed by atoms with Crippen LogP contribution in [-0.4, -0.2) is 18.4 Å². The van der Waals surface area contributed by atoms with E-state index >= 15 is 0 Å². The molecule has 0 radical (unpaired) electrons. The fourth-order valence-corrected chi connectivity index (χ4v) is 5.00. The first-order valence-electron chi connectivity index (χ1n) is 5.39. The lowest BCUT2D eigenvalue weighted by molar-refractivity contribution is 0.600. The largest absolute Gasteiger partial charge is 0.265 e. The second kappa shape index (κ2) is 5.18. The summed E-state index contributed by atoms with van der Waals surface area (Å²) in [5.74, 6) is 0.0965. The summed E-state index contributed by atoms with van der Waals surface area (Å²) in [5, 5.41) is 0. The molecule has 8 heteroatoms. The molecular formula is C11H12BrN3O2S2. The summed E-state index contributed by atoms with van der Waals surface area (Å²) in [6.45, 7) is 5.34. The van der Waals surface area contributed by atoms with E-state index in [4.69, 9.17) is 0 Å². The number of anilines is 1. The third kappa shape index (κ3) is 3.31. The van der Waals surface area contributed by atoms with E-state index in [0.29, 0.717) is 16.3 Å². The molecule has 0 aliphatic carbocycles. The summed E-state index contributed by atoms with van der Waals surface area (Å²) in [6.07, 6.45) is 0. The van der Waals surface area contributed by atoms with Gasteiger partial charge in [0.1, 0.15) is 4.90 Å². The summed E-state index contributed by atoms with van der Waals surface area (Å²) in [5.41, 5.74) is 1.43. The molecule has 2 heterocycles. The number of rotatable bonds is 3. The van der Waals surface area contributed by atoms with Gasteiger partial charge in [-0.25, -0.2) is 23.1 Å². The quantitative estimate of drug-likeness (QED) is 0.911. The highest BCUT2D eigenvalue weighted by Crippen LogP contribution is 2.30. The lowest BCUT2D eigenvalue weighted by Crippen LogP contribution is -2.15. The molecule has 0 aliphatic rings. The molecule has 2 rings (SSSR count). The maximum atomic E-state index is 12.3. The van der Waals surface area contributed by atoms with Crippen LogP contribution in [0.3, 0.4) is 0 Å². The molecule has 1 N–H and O–H groups in total. The molecule has 0 amide bonds. The van der Waals surface area contributed by atoms with Crippen molar-refractivity contribution >= 4 is 43.2 Å². The summed E-state index contributed by atoms with van der Waals surface area (Å²) in [4.78, 5) is 9.10. The molecule has 102 valence electrons. The number of halogens is 1. The van der Waals surface area contributed by atoms with Gasteiger partial charge in [-0.05, 0) is 48.8 Å². The Morgan fingerprint density at radius 3 is 2.21 bits per heavy atom. The fraction of sp³-hybridized carbons (Fsp3) is 0.273. The maximum Gasteiger partial charge on any atom is 0.265 e. The van der Waals surface area contributed by atoms with Crippen molar-refractivity contribution in [3.05, 3.63) is 32.2 Å². The SMILES string of the molecule is Cc1cc(C)nc(NS(=O)(=O)c2cc(Br)sc2C)n1. The first-order valence-corrected chi connectivity index (χ1v) is 8.48. The van der Waals surface area contributed by atoms with Gasteiger partial charge in [-0.2, -0.15) is 0 Å². The molecule has 19 heavy (non-hydrogen) atoms. The predicted molar refractivity (Wildman–Crippen MR) is 79.1 cm³/mol. The van der Waals surface area contributed by atoms with Crippen molar-refractivity contribution < 1.29 is 8.42 Å². The van der Waals surface area contributed by atoms with Crippen LogP contribution in [-0.2, 0) is 10.0 Å². The summed E-state index contributed by atoms with van der Waals surface area (Å²) >= 11 is 4.65. The average molecular weight is 362 g/mol. The van der Waals surface area contributed by atoms with E-state index in [1.807, 2.05) is 0 Å². The van der Waals surface area contributed by atoms with Gasteiger partial charge in [0.2, 0.25) is 5.95 Å². The number of nitrogens with one attached hydrogen (secondary N) is 1. The van der Waals surface area contributed by atoms with Gasteiger partial charge >= 0.3 is 0 Å². The normalized spacial score (nSPS) is 11.6. The lowest BCUT2D eigenvalue weighted by Gasteiger charge is -2.07. The molecule has 5 nitrogen and oxygen atoms in total. The molecule has 2 aromatic rings. The van der Waals surface area contributed by atoms with Crippen molar-refractivity contribution in [2.45, 2.75) is 25.7 Å². The Balaban J connectivity index is 2.39. The van der Waals surface area contributed by atoms with E-state index in [-0.39, 0.29) is 10.8 Å². The molecule has 0 aromatic carbocycles. The molecule has 2 aromatic heterocycles. The maximum absolute atomic E-state index is 12.3. The van der Waals surface area contributed by atoms with Crippen LogP contribution in [0.1, 0.15) is 16.3 Å². The van der Waals surface area contributed by atoms with E-state index in [1.165, 1.54) is 11.3 Å². The minimum absolute atomic E-state index is 0.0965. The minimum Gasteiger partial charge on any atom is -0.247 e. The molecule has 0 unspecified atom stereocenters. The number of hydrogen-bond acceptors (Lipinski definition) is 5. The first kappa shape index (κ1) is 14.4. The molecule has 0 fully saturated rings. The van der Waals surface area contributed by atoms with Crippen LogP contribution in [0, 0.1) is 20.8 Å². The topological polar surface area (TPSA) is 72.0 Å². The van der Waals surface area contributed by atoms with Crippen molar-refractivity contribution in [1.29, 1.82) is 0 Å².